The van der Waals surface area contributed by atoms with Crippen LogP contribution in [0.2, 0.25) is 0 Å². The molecule has 2 saturated heterocycles. The Bertz CT molecular complexity index is 519. The van der Waals surface area contributed by atoms with Crippen molar-refractivity contribution in [3.63, 3.8) is 0 Å². The fourth-order valence-corrected chi connectivity index (χ4v) is 7.23. The van der Waals surface area contributed by atoms with Crippen molar-refractivity contribution in [2.24, 2.45) is 23.7 Å². The first-order chi connectivity index (χ1) is 13.7. The number of ether oxygens (including phenoxy) is 5. The lowest BCUT2D eigenvalue weighted by atomic mass is 9.61. The molecular formula is C22H39NO5. The van der Waals surface area contributed by atoms with E-state index in [1.807, 2.05) is 28.4 Å². The van der Waals surface area contributed by atoms with Crippen LogP contribution in [0, 0.1) is 23.7 Å². The van der Waals surface area contributed by atoms with E-state index in [2.05, 4.69) is 4.90 Å². The SMILES string of the molecule is COC1CCC2CC3C4CC(OC)C(OC)C(OC)C4CCN3CC2C1OC. The van der Waals surface area contributed by atoms with Crippen LogP contribution in [0.25, 0.3) is 0 Å². The summed E-state index contributed by atoms with van der Waals surface area (Å²) in [5.41, 5.74) is 0. The molecule has 4 fully saturated rings. The van der Waals surface area contributed by atoms with E-state index in [1.165, 1.54) is 19.3 Å². The Kier molecular flexibility index (Phi) is 6.65. The zero-order chi connectivity index (χ0) is 19.8. The summed E-state index contributed by atoms with van der Waals surface area (Å²) in [7, 11) is 9.14. The van der Waals surface area contributed by atoms with E-state index in [0.29, 0.717) is 23.8 Å². The van der Waals surface area contributed by atoms with Crippen LogP contribution in [-0.2, 0) is 23.7 Å². The Morgan fingerprint density at radius 3 is 1.96 bits per heavy atom. The Morgan fingerprint density at radius 1 is 0.607 bits per heavy atom. The summed E-state index contributed by atoms with van der Waals surface area (Å²) in [6.45, 7) is 2.29. The second-order valence-electron chi connectivity index (χ2n) is 9.30. The number of methoxy groups -OCH3 is 5. The van der Waals surface area contributed by atoms with E-state index in [0.717, 1.165) is 31.8 Å². The van der Waals surface area contributed by atoms with Gasteiger partial charge < -0.3 is 23.7 Å². The van der Waals surface area contributed by atoms with Crippen LogP contribution in [0.1, 0.15) is 32.1 Å². The highest BCUT2D eigenvalue weighted by atomic mass is 16.6. The molecule has 28 heavy (non-hydrogen) atoms. The number of rotatable bonds is 5. The van der Waals surface area contributed by atoms with Crippen molar-refractivity contribution in [3.8, 4) is 0 Å². The lowest BCUT2D eigenvalue weighted by Crippen LogP contribution is -2.65. The van der Waals surface area contributed by atoms with Gasteiger partial charge in [-0.25, -0.2) is 0 Å². The maximum Gasteiger partial charge on any atom is 0.110 e. The lowest BCUT2D eigenvalue weighted by molar-refractivity contribution is -0.198. The molecule has 0 radical (unpaired) electrons. The minimum atomic E-state index is 0.0363. The van der Waals surface area contributed by atoms with Gasteiger partial charge in [-0.1, -0.05) is 0 Å². The van der Waals surface area contributed by atoms with Crippen molar-refractivity contribution in [1.29, 1.82) is 0 Å². The van der Waals surface area contributed by atoms with E-state index in [1.54, 1.807) is 7.11 Å². The molecule has 162 valence electrons. The minimum Gasteiger partial charge on any atom is -0.379 e. The lowest BCUT2D eigenvalue weighted by Gasteiger charge is -2.58. The van der Waals surface area contributed by atoms with Gasteiger partial charge >= 0.3 is 0 Å². The largest absolute Gasteiger partial charge is 0.379 e. The van der Waals surface area contributed by atoms with E-state index in [4.69, 9.17) is 23.7 Å². The summed E-state index contributed by atoms with van der Waals surface area (Å²) in [4.78, 5) is 2.75. The average Bonchev–Trinajstić information content (AvgIpc) is 2.74. The monoisotopic (exact) mass is 397 g/mol. The minimum absolute atomic E-state index is 0.0363. The van der Waals surface area contributed by atoms with Crippen LogP contribution in [0.5, 0.6) is 0 Å². The fraction of sp³-hybridized carbons (Fsp3) is 1.00. The molecule has 0 aromatic heterocycles. The highest BCUT2D eigenvalue weighted by Gasteiger charge is 2.54. The molecule has 0 N–H and O–H groups in total. The molecule has 6 nitrogen and oxygen atoms in total. The van der Waals surface area contributed by atoms with Crippen molar-refractivity contribution in [1.82, 2.24) is 4.90 Å². The highest BCUT2D eigenvalue weighted by molar-refractivity contribution is 5.06. The summed E-state index contributed by atoms with van der Waals surface area (Å²) < 4.78 is 29.4. The van der Waals surface area contributed by atoms with Crippen LogP contribution in [0.3, 0.4) is 0 Å². The molecule has 10 unspecified atom stereocenters. The molecule has 2 aliphatic heterocycles. The molecule has 2 heterocycles. The number of hydrogen-bond donors (Lipinski definition) is 0. The smallest absolute Gasteiger partial charge is 0.110 e. The van der Waals surface area contributed by atoms with Gasteiger partial charge in [0.15, 0.2) is 0 Å². The van der Waals surface area contributed by atoms with E-state index >= 15 is 0 Å². The van der Waals surface area contributed by atoms with Gasteiger partial charge in [0.25, 0.3) is 0 Å². The zero-order valence-electron chi connectivity index (χ0n) is 18.2. The van der Waals surface area contributed by atoms with Gasteiger partial charge in [-0.3, -0.25) is 4.90 Å². The van der Waals surface area contributed by atoms with Crippen LogP contribution in [-0.4, -0.2) is 90.1 Å². The predicted octanol–water partition coefficient (Wildman–Crippen LogP) is 2.20. The molecule has 0 bridgehead atoms. The van der Waals surface area contributed by atoms with Crippen molar-refractivity contribution in [3.05, 3.63) is 0 Å². The second kappa shape index (κ2) is 8.86. The van der Waals surface area contributed by atoms with Crippen molar-refractivity contribution in [2.45, 2.75) is 68.7 Å². The standard InChI is InChI=1S/C22H39NO5/c1-24-18-7-6-13-10-17-15-11-19(25-2)22(28-5)21(27-4)14(15)8-9-23(17)12-16(13)20(18)26-3/h13-22H,6-12H2,1-5H3. The summed E-state index contributed by atoms with van der Waals surface area (Å²) >= 11 is 0. The zero-order valence-corrected chi connectivity index (χ0v) is 18.2. The van der Waals surface area contributed by atoms with Crippen LogP contribution in [0.15, 0.2) is 0 Å². The van der Waals surface area contributed by atoms with Gasteiger partial charge in [0, 0.05) is 54.1 Å². The first-order valence-corrected chi connectivity index (χ1v) is 11.0. The third-order valence-electron chi connectivity index (χ3n) is 8.51. The normalized spacial score (nSPS) is 49.2. The van der Waals surface area contributed by atoms with E-state index in [-0.39, 0.29) is 30.5 Å². The molecule has 0 aromatic rings. The van der Waals surface area contributed by atoms with Crippen LogP contribution in [0.4, 0.5) is 0 Å². The first-order valence-electron chi connectivity index (χ1n) is 11.0. The van der Waals surface area contributed by atoms with Crippen molar-refractivity contribution < 1.29 is 23.7 Å². The number of nitrogens with zero attached hydrogens (tertiary/aromatic N) is 1. The Labute approximate surface area is 170 Å². The summed E-state index contributed by atoms with van der Waals surface area (Å²) in [6, 6.07) is 0.629. The summed E-state index contributed by atoms with van der Waals surface area (Å²) in [5, 5.41) is 0. The average molecular weight is 398 g/mol. The number of fused-ring (bicyclic) bond motifs is 4. The number of hydrogen-bond acceptors (Lipinski definition) is 6. The molecule has 6 heteroatoms. The molecule has 4 aliphatic rings. The van der Waals surface area contributed by atoms with Gasteiger partial charge in [-0.05, 0) is 56.4 Å². The van der Waals surface area contributed by atoms with Crippen LogP contribution < -0.4 is 0 Å². The summed E-state index contributed by atoms with van der Waals surface area (Å²) in [5.74, 6) is 2.51. The Morgan fingerprint density at radius 2 is 1.32 bits per heavy atom. The second-order valence-corrected chi connectivity index (χ2v) is 9.30. The first kappa shape index (κ1) is 21.0. The van der Waals surface area contributed by atoms with Crippen molar-refractivity contribution in [2.75, 3.05) is 48.6 Å². The fourth-order valence-electron chi connectivity index (χ4n) is 7.23. The molecule has 2 saturated carbocycles. The summed E-state index contributed by atoms with van der Waals surface area (Å²) in [6.07, 6.45) is 6.65. The van der Waals surface area contributed by atoms with Gasteiger partial charge in [0.1, 0.15) is 6.10 Å². The highest BCUT2D eigenvalue weighted by Crippen LogP contribution is 2.49. The van der Waals surface area contributed by atoms with E-state index in [9.17, 15) is 0 Å². The Balaban J connectivity index is 1.54. The molecule has 10 atom stereocenters. The van der Waals surface area contributed by atoms with Gasteiger partial charge in [-0.15, -0.1) is 0 Å². The number of piperidine rings is 2. The maximum absolute atomic E-state index is 5.99. The molecule has 0 amide bonds. The maximum atomic E-state index is 5.99. The van der Waals surface area contributed by atoms with Crippen LogP contribution >= 0.6 is 0 Å². The van der Waals surface area contributed by atoms with Crippen molar-refractivity contribution >= 4 is 0 Å². The van der Waals surface area contributed by atoms with Gasteiger partial charge in [-0.2, -0.15) is 0 Å². The molecular weight excluding hydrogens is 358 g/mol. The molecule has 0 spiro atoms. The molecule has 4 rings (SSSR count). The van der Waals surface area contributed by atoms with E-state index < -0.39 is 0 Å². The predicted molar refractivity (Wildman–Crippen MR) is 106 cm³/mol. The van der Waals surface area contributed by atoms with Gasteiger partial charge in [0.2, 0.25) is 0 Å². The molecule has 0 aromatic carbocycles. The third-order valence-corrected chi connectivity index (χ3v) is 8.51. The Hall–Kier alpha value is -0.240. The topological polar surface area (TPSA) is 49.4 Å². The van der Waals surface area contributed by atoms with Gasteiger partial charge in [0.05, 0.1) is 24.4 Å². The third kappa shape index (κ3) is 3.44. The molecule has 2 aliphatic carbocycles. The quantitative estimate of drug-likeness (QED) is 0.709.